The summed E-state index contributed by atoms with van der Waals surface area (Å²) in [6.45, 7) is 1.17. The second-order valence-corrected chi connectivity index (χ2v) is 4.88. The number of rotatable bonds is 3. The van der Waals surface area contributed by atoms with Crippen LogP contribution in [-0.2, 0) is 9.53 Å². The number of hydrogen-bond acceptors (Lipinski definition) is 6. The van der Waals surface area contributed by atoms with Crippen molar-refractivity contribution in [2.45, 2.75) is 12.8 Å². The summed E-state index contributed by atoms with van der Waals surface area (Å²) in [6.07, 6.45) is 1.56. The predicted molar refractivity (Wildman–Crippen MR) is 74.8 cm³/mol. The van der Waals surface area contributed by atoms with E-state index in [0.29, 0.717) is 18.8 Å². The Bertz CT molecular complexity index is 609. The maximum absolute atomic E-state index is 11.6. The fraction of sp³-hybridized carbons (Fsp3) is 0.429. The maximum atomic E-state index is 11.6. The zero-order chi connectivity index (χ0) is 15.4. The van der Waals surface area contributed by atoms with Crippen LogP contribution in [0.15, 0.2) is 18.2 Å². The zero-order valence-corrected chi connectivity index (χ0v) is 11.6. The normalized spacial score (nSPS) is 17.9. The van der Waals surface area contributed by atoms with Crippen LogP contribution in [0.5, 0.6) is 0 Å². The summed E-state index contributed by atoms with van der Waals surface area (Å²) in [6, 6.07) is 6.18. The van der Waals surface area contributed by atoms with Crippen LogP contribution < -0.4 is 4.90 Å². The molecule has 0 aromatic heterocycles. The minimum absolute atomic E-state index is 0.114. The van der Waals surface area contributed by atoms with Crippen LogP contribution in [0.4, 0.5) is 11.4 Å². The third-order valence-corrected chi connectivity index (χ3v) is 3.61. The molecule has 1 aliphatic rings. The quantitative estimate of drug-likeness (QED) is 0.478. The minimum Gasteiger partial charge on any atom is -0.469 e. The molecule has 0 spiro atoms. The molecule has 1 aliphatic heterocycles. The van der Waals surface area contributed by atoms with Crippen LogP contribution in [0.2, 0.25) is 0 Å². The fourth-order valence-electron chi connectivity index (χ4n) is 2.56. The van der Waals surface area contributed by atoms with E-state index < -0.39 is 4.92 Å². The van der Waals surface area contributed by atoms with Crippen LogP contribution in [0, 0.1) is 27.4 Å². The molecule has 110 valence electrons. The van der Waals surface area contributed by atoms with E-state index in [1.807, 2.05) is 11.0 Å². The largest absolute Gasteiger partial charge is 0.469 e. The number of non-ortho nitro benzene ring substituents is 1. The lowest BCUT2D eigenvalue weighted by molar-refractivity contribution is -0.384. The number of piperidine rings is 1. The van der Waals surface area contributed by atoms with Crippen molar-refractivity contribution in [1.82, 2.24) is 0 Å². The van der Waals surface area contributed by atoms with Gasteiger partial charge in [-0.2, -0.15) is 5.26 Å². The average Bonchev–Trinajstić information content (AvgIpc) is 2.53. The number of carbonyl (C=O) groups is 1. The highest BCUT2D eigenvalue weighted by atomic mass is 16.6. The van der Waals surface area contributed by atoms with E-state index in [2.05, 4.69) is 0 Å². The summed E-state index contributed by atoms with van der Waals surface area (Å²) in [4.78, 5) is 23.8. The van der Waals surface area contributed by atoms with Crippen LogP contribution in [0.25, 0.3) is 0 Å². The molecule has 1 saturated heterocycles. The van der Waals surface area contributed by atoms with Crippen molar-refractivity contribution in [3.63, 3.8) is 0 Å². The molecule has 0 aliphatic carbocycles. The molecule has 1 atom stereocenters. The Morgan fingerprint density at radius 2 is 2.33 bits per heavy atom. The van der Waals surface area contributed by atoms with E-state index in [1.54, 1.807) is 6.07 Å². The number of nitrogens with zero attached hydrogens (tertiary/aromatic N) is 3. The zero-order valence-electron chi connectivity index (χ0n) is 11.6. The lowest BCUT2D eigenvalue weighted by Gasteiger charge is -2.33. The Morgan fingerprint density at radius 1 is 1.57 bits per heavy atom. The minimum atomic E-state index is -0.530. The van der Waals surface area contributed by atoms with E-state index in [0.717, 1.165) is 12.8 Å². The number of methoxy groups -OCH3 is 1. The summed E-state index contributed by atoms with van der Waals surface area (Å²) >= 11 is 0. The van der Waals surface area contributed by atoms with Crippen molar-refractivity contribution in [2.75, 3.05) is 25.1 Å². The smallest absolute Gasteiger partial charge is 0.310 e. The Balaban J connectivity index is 2.27. The monoisotopic (exact) mass is 289 g/mol. The third kappa shape index (κ3) is 3.11. The predicted octanol–water partition coefficient (Wildman–Crippen LogP) is 1.86. The summed E-state index contributed by atoms with van der Waals surface area (Å²) in [7, 11) is 1.36. The molecule has 0 saturated carbocycles. The molecule has 0 radical (unpaired) electrons. The second-order valence-electron chi connectivity index (χ2n) is 4.88. The van der Waals surface area contributed by atoms with Gasteiger partial charge in [0.2, 0.25) is 0 Å². The van der Waals surface area contributed by atoms with Gasteiger partial charge in [-0.1, -0.05) is 0 Å². The number of carbonyl (C=O) groups excluding carboxylic acids is 1. The van der Waals surface area contributed by atoms with Crippen LogP contribution in [0.1, 0.15) is 18.4 Å². The molecule has 0 amide bonds. The fourth-order valence-corrected chi connectivity index (χ4v) is 2.56. The molecule has 7 heteroatoms. The molecule has 1 heterocycles. The van der Waals surface area contributed by atoms with Gasteiger partial charge >= 0.3 is 5.97 Å². The number of nitro benzene ring substituents is 1. The molecule has 1 aromatic rings. The highest BCUT2D eigenvalue weighted by Gasteiger charge is 2.28. The van der Waals surface area contributed by atoms with E-state index in [1.165, 1.54) is 19.2 Å². The number of esters is 1. The molecule has 0 bridgehead atoms. The SMILES string of the molecule is COC(=O)C1CCCN(c2ccc([N+](=O)[O-])cc2C#N)C1. The van der Waals surface area contributed by atoms with Crippen LogP contribution >= 0.6 is 0 Å². The Labute approximate surface area is 121 Å². The molecule has 21 heavy (non-hydrogen) atoms. The Morgan fingerprint density at radius 3 is 2.95 bits per heavy atom. The molecule has 1 fully saturated rings. The topological polar surface area (TPSA) is 96.5 Å². The molecule has 2 rings (SSSR count). The summed E-state index contributed by atoms with van der Waals surface area (Å²) < 4.78 is 4.76. The highest BCUT2D eigenvalue weighted by molar-refractivity contribution is 5.74. The van der Waals surface area contributed by atoms with E-state index in [-0.39, 0.29) is 23.1 Å². The number of ether oxygens (including phenoxy) is 1. The second kappa shape index (κ2) is 6.22. The van der Waals surface area contributed by atoms with E-state index in [9.17, 15) is 20.2 Å². The first-order chi connectivity index (χ1) is 10.1. The molecule has 0 N–H and O–H groups in total. The molecular weight excluding hydrogens is 274 g/mol. The molecule has 1 unspecified atom stereocenters. The lowest BCUT2D eigenvalue weighted by Crippen LogP contribution is -2.39. The van der Waals surface area contributed by atoms with E-state index >= 15 is 0 Å². The number of nitriles is 1. The summed E-state index contributed by atoms with van der Waals surface area (Å²) in [5.41, 5.74) is 0.753. The Hall–Kier alpha value is -2.62. The third-order valence-electron chi connectivity index (χ3n) is 3.61. The maximum Gasteiger partial charge on any atom is 0.310 e. The van der Waals surface area contributed by atoms with Gasteiger partial charge in [-0.3, -0.25) is 14.9 Å². The molecule has 7 nitrogen and oxygen atoms in total. The number of benzene rings is 1. The van der Waals surface area contributed by atoms with Gasteiger partial charge < -0.3 is 9.64 Å². The first-order valence-corrected chi connectivity index (χ1v) is 6.58. The van der Waals surface area contributed by atoms with Gasteiger partial charge in [-0.05, 0) is 18.9 Å². The first-order valence-electron chi connectivity index (χ1n) is 6.58. The summed E-state index contributed by atoms with van der Waals surface area (Å²) in [5.74, 6) is -0.495. The number of hydrogen-bond donors (Lipinski definition) is 0. The van der Waals surface area contributed by atoms with Crippen LogP contribution in [0.3, 0.4) is 0 Å². The van der Waals surface area contributed by atoms with Gasteiger partial charge in [-0.15, -0.1) is 0 Å². The van der Waals surface area contributed by atoms with Gasteiger partial charge in [0.15, 0.2) is 0 Å². The average molecular weight is 289 g/mol. The van der Waals surface area contributed by atoms with Crippen molar-refractivity contribution >= 4 is 17.3 Å². The van der Waals surface area contributed by atoms with Crippen LogP contribution in [-0.4, -0.2) is 31.1 Å². The highest BCUT2D eigenvalue weighted by Crippen LogP contribution is 2.29. The molecule has 1 aromatic carbocycles. The standard InChI is InChI=1S/C14H15N3O4/c1-21-14(18)10-3-2-6-16(9-10)13-5-4-12(17(19)20)7-11(13)8-15/h4-5,7,10H,2-3,6,9H2,1H3. The first kappa shape index (κ1) is 14.8. The van der Waals surface area contributed by atoms with E-state index in [4.69, 9.17) is 4.74 Å². The lowest BCUT2D eigenvalue weighted by atomic mass is 9.97. The number of nitro groups is 1. The number of anilines is 1. The molecular formula is C14H15N3O4. The van der Waals surface area contributed by atoms with Crippen molar-refractivity contribution in [3.05, 3.63) is 33.9 Å². The van der Waals surface area contributed by atoms with Crippen molar-refractivity contribution < 1.29 is 14.5 Å². The summed E-state index contributed by atoms with van der Waals surface area (Å²) in [5, 5.41) is 19.9. The van der Waals surface area contributed by atoms with Gasteiger partial charge in [0.1, 0.15) is 6.07 Å². The Kier molecular flexibility index (Phi) is 4.38. The van der Waals surface area contributed by atoms with Crippen molar-refractivity contribution in [1.29, 1.82) is 5.26 Å². The van der Waals surface area contributed by atoms with Gasteiger partial charge in [0, 0.05) is 25.2 Å². The van der Waals surface area contributed by atoms with Gasteiger partial charge in [0.05, 0.1) is 29.2 Å². The van der Waals surface area contributed by atoms with Crippen molar-refractivity contribution in [3.8, 4) is 6.07 Å². The van der Waals surface area contributed by atoms with Gasteiger partial charge in [0.25, 0.3) is 5.69 Å². The van der Waals surface area contributed by atoms with Gasteiger partial charge in [-0.25, -0.2) is 0 Å². The van der Waals surface area contributed by atoms with Crippen molar-refractivity contribution in [2.24, 2.45) is 5.92 Å².